The van der Waals surface area contributed by atoms with Crippen molar-refractivity contribution in [3.63, 3.8) is 0 Å². The third kappa shape index (κ3) is 6.87. The molecular weight excluding hydrogens is 348 g/mol. The smallest absolute Gasteiger partial charge is 0.314 e. The minimum atomic E-state index is -4.09. The molecule has 0 radical (unpaired) electrons. The lowest BCUT2D eigenvalue weighted by molar-refractivity contribution is -0.138. The third-order valence-electron chi connectivity index (χ3n) is 4.08. The van der Waals surface area contributed by atoms with Crippen LogP contribution in [0.1, 0.15) is 35.6 Å². The molecule has 0 aliphatic carbocycles. The molecule has 1 heterocycles. The van der Waals surface area contributed by atoms with E-state index in [-0.39, 0.29) is 37.3 Å². The minimum absolute atomic E-state index is 0. The molecule has 1 aromatic rings. The fourth-order valence-corrected chi connectivity index (χ4v) is 3.03. The van der Waals surface area contributed by atoms with E-state index in [0.29, 0.717) is 0 Å². The molecule has 1 aliphatic heterocycles. The lowest BCUT2D eigenvalue weighted by Crippen LogP contribution is -2.45. The molecule has 0 amide bonds. The molecule has 134 valence electrons. The van der Waals surface area contributed by atoms with Crippen LogP contribution in [0.3, 0.4) is 0 Å². The van der Waals surface area contributed by atoms with Gasteiger partial charge in [-0.3, -0.25) is 4.90 Å². The molecule has 0 aromatic heterocycles. The number of hydrogen-bond acceptors (Lipinski definition) is 2. The number of halogens is 5. The van der Waals surface area contributed by atoms with E-state index in [1.165, 1.54) is 0 Å². The van der Waals surface area contributed by atoms with E-state index in [4.69, 9.17) is 0 Å². The van der Waals surface area contributed by atoms with Gasteiger partial charge in [0.05, 0.1) is 0 Å². The van der Waals surface area contributed by atoms with Crippen LogP contribution >= 0.6 is 24.8 Å². The van der Waals surface area contributed by atoms with E-state index in [9.17, 15) is 13.2 Å². The summed E-state index contributed by atoms with van der Waals surface area (Å²) in [6, 6.07) is 5.89. The van der Waals surface area contributed by atoms with Crippen LogP contribution in [0.15, 0.2) is 18.2 Å². The van der Waals surface area contributed by atoms with Crippen molar-refractivity contribution in [3.8, 4) is 0 Å². The van der Waals surface area contributed by atoms with Crippen LogP contribution in [0.5, 0.6) is 0 Å². The first-order chi connectivity index (χ1) is 9.87. The first-order valence-corrected chi connectivity index (χ1v) is 7.45. The van der Waals surface area contributed by atoms with E-state index in [1.807, 2.05) is 26.0 Å². The zero-order valence-electron chi connectivity index (χ0n) is 13.4. The van der Waals surface area contributed by atoms with Crippen molar-refractivity contribution in [2.45, 2.75) is 38.9 Å². The first-order valence-electron chi connectivity index (χ1n) is 7.45. The average Bonchev–Trinajstić information content (AvgIpc) is 2.41. The van der Waals surface area contributed by atoms with Crippen LogP contribution in [0.25, 0.3) is 0 Å². The van der Waals surface area contributed by atoms with Gasteiger partial charge in [0.25, 0.3) is 0 Å². The van der Waals surface area contributed by atoms with Gasteiger partial charge in [-0.2, -0.15) is 13.2 Å². The number of nitrogens with one attached hydrogen (secondary N) is 1. The maximum absolute atomic E-state index is 12.6. The average molecular weight is 373 g/mol. The van der Waals surface area contributed by atoms with E-state index in [1.54, 1.807) is 0 Å². The van der Waals surface area contributed by atoms with Crippen LogP contribution in [0, 0.1) is 13.8 Å². The number of hydrogen-bond donors (Lipinski definition) is 1. The van der Waals surface area contributed by atoms with E-state index in [2.05, 4.69) is 16.3 Å². The molecule has 2 nitrogen and oxygen atoms in total. The van der Waals surface area contributed by atoms with Gasteiger partial charge in [0.2, 0.25) is 0 Å². The van der Waals surface area contributed by atoms with Gasteiger partial charge in [-0.15, -0.1) is 24.8 Å². The van der Waals surface area contributed by atoms with Gasteiger partial charge in [0.1, 0.15) is 0 Å². The van der Waals surface area contributed by atoms with Gasteiger partial charge >= 0.3 is 6.18 Å². The maximum atomic E-state index is 12.6. The Hall–Kier alpha value is -0.490. The number of benzene rings is 1. The highest BCUT2D eigenvalue weighted by Gasteiger charge is 2.31. The monoisotopic (exact) mass is 372 g/mol. The predicted molar refractivity (Wildman–Crippen MR) is 92.9 cm³/mol. The van der Waals surface area contributed by atoms with Crippen molar-refractivity contribution in [2.24, 2.45) is 0 Å². The maximum Gasteiger partial charge on any atom is 0.389 e. The molecule has 1 aromatic carbocycles. The number of alkyl halides is 3. The molecule has 7 heteroatoms. The topological polar surface area (TPSA) is 15.3 Å². The molecular formula is C16H25Cl2F3N2. The Morgan fingerprint density at radius 1 is 1.13 bits per heavy atom. The second-order valence-electron chi connectivity index (χ2n) is 5.82. The molecule has 0 unspecified atom stereocenters. The summed E-state index contributed by atoms with van der Waals surface area (Å²) in [7, 11) is 0. The number of piperazine rings is 1. The van der Waals surface area contributed by atoms with Crippen molar-refractivity contribution in [3.05, 3.63) is 34.9 Å². The summed E-state index contributed by atoms with van der Waals surface area (Å²) in [5.41, 5.74) is 3.26. The molecule has 23 heavy (non-hydrogen) atoms. The molecule has 2 rings (SSSR count). The SMILES string of the molecule is Cc1ccc([C@H](CCC(F)(F)F)N2CCNCC2)c(C)c1.Cl.Cl. The fourth-order valence-electron chi connectivity index (χ4n) is 3.03. The van der Waals surface area contributed by atoms with Crippen LogP contribution < -0.4 is 5.32 Å². The predicted octanol–water partition coefficient (Wildman–Crippen LogP) is 4.44. The Bertz CT molecular complexity index is 475. The Morgan fingerprint density at radius 3 is 2.26 bits per heavy atom. The van der Waals surface area contributed by atoms with Crippen molar-refractivity contribution in [1.29, 1.82) is 0 Å². The van der Waals surface area contributed by atoms with Gasteiger partial charge < -0.3 is 5.32 Å². The van der Waals surface area contributed by atoms with Gasteiger partial charge in [-0.25, -0.2) is 0 Å². The van der Waals surface area contributed by atoms with Crippen molar-refractivity contribution in [1.82, 2.24) is 10.2 Å². The normalized spacial score (nSPS) is 17.1. The van der Waals surface area contributed by atoms with Crippen molar-refractivity contribution >= 4 is 24.8 Å². The van der Waals surface area contributed by atoms with Gasteiger partial charge in [-0.1, -0.05) is 23.8 Å². The zero-order chi connectivity index (χ0) is 15.5. The lowest BCUT2D eigenvalue weighted by atomic mass is 9.94. The largest absolute Gasteiger partial charge is 0.389 e. The Morgan fingerprint density at radius 2 is 1.74 bits per heavy atom. The highest BCUT2D eigenvalue weighted by atomic mass is 35.5. The molecule has 1 atom stereocenters. The lowest BCUT2D eigenvalue weighted by Gasteiger charge is -2.36. The Balaban J connectivity index is 0.00000242. The summed E-state index contributed by atoms with van der Waals surface area (Å²) < 4.78 is 37.9. The Labute approximate surface area is 148 Å². The van der Waals surface area contributed by atoms with Crippen molar-refractivity contribution < 1.29 is 13.2 Å². The number of aryl methyl sites for hydroxylation is 2. The van der Waals surface area contributed by atoms with Crippen LogP contribution in [-0.2, 0) is 0 Å². The third-order valence-corrected chi connectivity index (χ3v) is 4.08. The van der Waals surface area contributed by atoms with Gasteiger partial charge in [-0.05, 0) is 31.4 Å². The second-order valence-corrected chi connectivity index (χ2v) is 5.82. The minimum Gasteiger partial charge on any atom is -0.314 e. The number of rotatable bonds is 4. The van der Waals surface area contributed by atoms with E-state index < -0.39 is 12.6 Å². The van der Waals surface area contributed by atoms with E-state index in [0.717, 1.165) is 42.9 Å². The highest BCUT2D eigenvalue weighted by molar-refractivity contribution is 5.85. The van der Waals surface area contributed by atoms with E-state index >= 15 is 0 Å². The molecule has 0 bridgehead atoms. The summed E-state index contributed by atoms with van der Waals surface area (Å²) in [4.78, 5) is 2.18. The van der Waals surface area contributed by atoms with Gasteiger partial charge in [0, 0.05) is 38.6 Å². The zero-order valence-corrected chi connectivity index (χ0v) is 15.1. The van der Waals surface area contributed by atoms with Gasteiger partial charge in [0.15, 0.2) is 0 Å². The molecule has 1 N–H and O–H groups in total. The summed E-state index contributed by atoms with van der Waals surface area (Å²) in [5.74, 6) is 0. The molecule has 1 fully saturated rings. The van der Waals surface area contributed by atoms with Crippen molar-refractivity contribution in [2.75, 3.05) is 26.2 Å². The fraction of sp³-hybridized carbons (Fsp3) is 0.625. The molecule has 0 saturated carbocycles. The summed E-state index contributed by atoms with van der Waals surface area (Å²) >= 11 is 0. The summed E-state index contributed by atoms with van der Waals surface area (Å²) in [6.07, 6.45) is -4.69. The quantitative estimate of drug-likeness (QED) is 0.840. The molecule has 1 aliphatic rings. The Kier molecular flexibility index (Phi) is 9.51. The second kappa shape index (κ2) is 9.72. The van der Waals surface area contributed by atoms with Crippen LogP contribution in [-0.4, -0.2) is 37.3 Å². The summed E-state index contributed by atoms with van der Waals surface area (Å²) in [6.45, 7) is 7.28. The molecule has 1 saturated heterocycles. The van der Waals surface area contributed by atoms with Crippen LogP contribution in [0.4, 0.5) is 13.2 Å². The molecule has 0 spiro atoms. The standard InChI is InChI=1S/C16H23F3N2.2ClH/c1-12-3-4-14(13(2)11-12)15(5-6-16(17,18)19)21-9-7-20-8-10-21;;/h3-4,11,15,20H,5-10H2,1-2H3;2*1H/t15-;;/m0../s1. The highest BCUT2D eigenvalue weighted by Crippen LogP contribution is 2.33. The number of nitrogens with zero attached hydrogens (tertiary/aromatic N) is 1. The first kappa shape index (κ1) is 22.5. The summed E-state index contributed by atoms with van der Waals surface area (Å²) in [5, 5.41) is 3.25. The van der Waals surface area contributed by atoms with Crippen LogP contribution in [0.2, 0.25) is 0 Å².